The molecule has 2 aromatic carbocycles. The zero-order valence-corrected chi connectivity index (χ0v) is 19.6. The van der Waals surface area contributed by atoms with Gasteiger partial charge < -0.3 is 13.7 Å². The van der Waals surface area contributed by atoms with Crippen LogP contribution in [0.1, 0.15) is 28.4 Å². The van der Waals surface area contributed by atoms with Crippen molar-refractivity contribution in [3.63, 3.8) is 0 Å². The van der Waals surface area contributed by atoms with Crippen molar-refractivity contribution in [3.8, 4) is 0 Å². The van der Waals surface area contributed by atoms with Crippen LogP contribution < -0.4 is 0 Å². The highest BCUT2D eigenvalue weighted by atomic mass is 19.2. The second-order valence-corrected chi connectivity index (χ2v) is 8.54. The highest BCUT2D eigenvalue weighted by Gasteiger charge is 2.21. The van der Waals surface area contributed by atoms with Gasteiger partial charge >= 0.3 is 0 Å². The molecule has 35 heavy (non-hydrogen) atoms. The summed E-state index contributed by atoms with van der Waals surface area (Å²) in [6.45, 7) is 3.42. The second-order valence-electron chi connectivity index (χ2n) is 8.54. The zero-order chi connectivity index (χ0) is 24.6. The molecular weight excluding hydrogens is 450 g/mol. The second kappa shape index (κ2) is 11.6. The molecule has 0 saturated heterocycles. The summed E-state index contributed by atoms with van der Waals surface area (Å²) < 4.78 is 38.4. The molecule has 4 aromatic rings. The van der Waals surface area contributed by atoms with E-state index in [9.17, 15) is 13.6 Å². The van der Waals surface area contributed by atoms with Crippen LogP contribution >= 0.6 is 0 Å². The van der Waals surface area contributed by atoms with Crippen molar-refractivity contribution in [2.75, 3.05) is 13.1 Å². The minimum absolute atomic E-state index is 0.0776. The smallest absolute Gasteiger partial charge is 0.237 e. The lowest BCUT2D eigenvalue weighted by Gasteiger charge is -2.27. The van der Waals surface area contributed by atoms with Gasteiger partial charge in [-0.25, -0.2) is 8.78 Å². The van der Waals surface area contributed by atoms with E-state index < -0.39 is 11.6 Å². The van der Waals surface area contributed by atoms with Gasteiger partial charge in [0.05, 0.1) is 25.9 Å². The minimum Gasteiger partial charge on any atom is -0.468 e. The van der Waals surface area contributed by atoms with Crippen LogP contribution in [0.3, 0.4) is 0 Å². The molecule has 0 bridgehead atoms. The lowest BCUT2D eigenvalue weighted by Crippen LogP contribution is -2.40. The van der Waals surface area contributed by atoms with Gasteiger partial charge in [-0.15, -0.1) is 0 Å². The summed E-state index contributed by atoms with van der Waals surface area (Å²) in [6.07, 6.45) is 2.27. The van der Waals surface area contributed by atoms with Crippen molar-refractivity contribution < 1.29 is 22.4 Å². The number of amides is 1. The molecular formula is C28H28F2N2O3. The first-order valence-corrected chi connectivity index (χ1v) is 11.5. The molecule has 1 amide bonds. The Balaban J connectivity index is 1.50. The van der Waals surface area contributed by atoms with Crippen molar-refractivity contribution in [1.82, 2.24) is 9.80 Å². The molecule has 0 atom stereocenters. The highest BCUT2D eigenvalue weighted by Crippen LogP contribution is 2.16. The lowest BCUT2D eigenvalue weighted by atomic mass is 10.1. The number of hydrogen-bond donors (Lipinski definition) is 0. The summed E-state index contributed by atoms with van der Waals surface area (Å²) in [5.74, 6) is 0.269. The average molecular weight is 479 g/mol. The number of carbonyl (C=O) groups excluding carboxylic acids is 1. The van der Waals surface area contributed by atoms with Gasteiger partial charge in [0.15, 0.2) is 11.6 Å². The van der Waals surface area contributed by atoms with Crippen LogP contribution in [0.15, 0.2) is 87.9 Å². The minimum atomic E-state index is -0.913. The molecule has 0 fully saturated rings. The zero-order valence-electron chi connectivity index (χ0n) is 19.6. The maximum Gasteiger partial charge on any atom is 0.237 e. The normalized spacial score (nSPS) is 11.2. The van der Waals surface area contributed by atoms with E-state index in [0.29, 0.717) is 43.1 Å². The van der Waals surface area contributed by atoms with Crippen LogP contribution in [0.5, 0.6) is 0 Å². The number of carbonyl (C=O) groups is 1. The average Bonchev–Trinajstić information content (AvgIpc) is 3.51. The molecule has 0 spiro atoms. The van der Waals surface area contributed by atoms with Crippen LogP contribution in [-0.2, 0) is 30.8 Å². The number of aryl methyl sites for hydroxylation is 1. The molecule has 0 unspecified atom stereocenters. The van der Waals surface area contributed by atoms with Crippen LogP contribution in [0.25, 0.3) is 0 Å². The van der Waals surface area contributed by atoms with E-state index in [-0.39, 0.29) is 19.0 Å². The lowest BCUT2D eigenvalue weighted by molar-refractivity contribution is -0.133. The first-order valence-electron chi connectivity index (χ1n) is 11.5. The summed E-state index contributed by atoms with van der Waals surface area (Å²) in [6, 6.07) is 21.1. The Hall–Kier alpha value is -3.71. The van der Waals surface area contributed by atoms with Crippen molar-refractivity contribution in [2.45, 2.75) is 33.0 Å². The highest BCUT2D eigenvalue weighted by molar-refractivity contribution is 5.78. The largest absolute Gasteiger partial charge is 0.468 e. The number of rotatable bonds is 11. The van der Waals surface area contributed by atoms with Gasteiger partial charge in [-0.2, -0.15) is 0 Å². The Labute approximate surface area is 203 Å². The van der Waals surface area contributed by atoms with E-state index in [1.54, 1.807) is 17.2 Å². The summed E-state index contributed by atoms with van der Waals surface area (Å²) in [4.78, 5) is 17.1. The topological polar surface area (TPSA) is 49.8 Å². The molecule has 0 aliphatic rings. The van der Waals surface area contributed by atoms with E-state index >= 15 is 0 Å². The van der Waals surface area contributed by atoms with Gasteiger partial charge in [0.2, 0.25) is 5.91 Å². The molecule has 4 rings (SSSR count). The third-order valence-corrected chi connectivity index (χ3v) is 5.72. The number of benzene rings is 2. The third-order valence-electron chi connectivity index (χ3n) is 5.72. The van der Waals surface area contributed by atoms with Gasteiger partial charge in [-0.05, 0) is 60.9 Å². The number of nitrogens with zero attached hydrogens (tertiary/aromatic N) is 2. The summed E-state index contributed by atoms with van der Waals surface area (Å²) in [7, 11) is 0. The number of furan rings is 2. The van der Waals surface area contributed by atoms with Crippen LogP contribution in [0.4, 0.5) is 8.78 Å². The Kier molecular flexibility index (Phi) is 8.11. The fourth-order valence-corrected chi connectivity index (χ4v) is 3.94. The van der Waals surface area contributed by atoms with Gasteiger partial charge in [0.25, 0.3) is 0 Å². The van der Waals surface area contributed by atoms with Gasteiger partial charge in [-0.1, -0.05) is 36.4 Å². The van der Waals surface area contributed by atoms with E-state index in [1.165, 1.54) is 6.07 Å². The quantitative estimate of drug-likeness (QED) is 0.276. The predicted molar refractivity (Wildman–Crippen MR) is 128 cm³/mol. The van der Waals surface area contributed by atoms with Crippen LogP contribution in [-0.4, -0.2) is 28.8 Å². The molecule has 0 aliphatic carbocycles. The van der Waals surface area contributed by atoms with E-state index in [1.807, 2.05) is 60.4 Å². The van der Waals surface area contributed by atoms with E-state index in [4.69, 9.17) is 8.83 Å². The number of halogens is 2. The van der Waals surface area contributed by atoms with Crippen LogP contribution in [0, 0.1) is 18.6 Å². The fourth-order valence-electron chi connectivity index (χ4n) is 3.94. The van der Waals surface area contributed by atoms with Gasteiger partial charge in [-0.3, -0.25) is 9.69 Å². The predicted octanol–water partition coefficient (Wildman–Crippen LogP) is 5.73. The molecule has 2 aromatic heterocycles. The summed E-state index contributed by atoms with van der Waals surface area (Å²) in [5, 5.41) is 0. The Morgan fingerprint density at radius 2 is 1.66 bits per heavy atom. The Morgan fingerprint density at radius 3 is 2.34 bits per heavy atom. The maximum atomic E-state index is 13.8. The van der Waals surface area contributed by atoms with Gasteiger partial charge in [0, 0.05) is 13.1 Å². The standard InChI is InChI=1S/C28H28F2N2O3/c1-21-9-11-25(35-21)19-32(14-13-22-6-3-2-4-7-22)28(33)20-31(18-24-8-5-15-34-24)17-23-10-12-26(29)27(30)16-23/h2-12,15-16H,13-14,17-20H2,1H3. The molecule has 2 heterocycles. The fraction of sp³-hybridized carbons (Fsp3) is 0.250. The van der Waals surface area contributed by atoms with Crippen molar-refractivity contribution in [2.24, 2.45) is 0 Å². The molecule has 5 nitrogen and oxygen atoms in total. The van der Waals surface area contributed by atoms with E-state index in [0.717, 1.165) is 23.5 Å². The molecule has 7 heteroatoms. The third kappa shape index (κ3) is 7.13. The van der Waals surface area contributed by atoms with Crippen molar-refractivity contribution in [1.29, 1.82) is 0 Å². The number of hydrogen-bond acceptors (Lipinski definition) is 4. The van der Waals surface area contributed by atoms with Crippen molar-refractivity contribution in [3.05, 3.63) is 119 Å². The SMILES string of the molecule is Cc1ccc(CN(CCc2ccccc2)C(=O)CN(Cc2ccc(F)c(F)c2)Cc2ccco2)o1. The maximum absolute atomic E-state index is 13.8. The molecule has 0 N–H and O–H groups in total. The monoisotopic (exact) mass is 478 g/mol. The summed E-state index contributed by atoms with van der Waals surface area (Å²) >= 11 is 0. The summed E-state index contributed by atoms with van der Waals surface area (Å²) in [5.41, 5.74) is 1.70. The first-order chi connectivity index (χ1) is 17.0. The molecule has 0 aliphatic heterocycles. The van der Waals surface area contributed by atoms with E-state index in [2.05, 4.69) is 0 Å². The first kappa shape index (κ1) is 24.4. The molecule has 0 radical (unpaired) electrons. The van der Waals surface area contributed by atoms with Crippen LogP contribution in [0.2, 0.25) is 0 Å². The molecule has 0 saturated carbocycles. The van der Waals surface area contributed by atoms with Gasteiger partial charge in [0.1, 0.15) is 17.3 Å². The Morgan fingerprint density at radius 1 is 0.829 bits per heavy atom. The van der Waals surface area contributed by atoms with Crippen molar-refractivity contribution >= 4 is 5.91 Å². The molecule has 182 valence electrons. The Bertz CT molecular complexity index is 1220.